The number of ether oxygens (including phenoxy) is 1. The van der Waals surface area contributed by atoms with Gasteiger partial charge < -0.3 is 15.4 Å². The summed E-state index contributed by atoms with van der Waals surface area (Å²) in [6, 6.07) is 13.4. The van der Waals surface area contributed by atoms with E-state index in [1.165, 1.54) is 5.56 Å². The Kier molecular flexibility index (Phi) is 4.82. The lowest BCUT2D eigenvalue weighted by molar-refractivity contribution is -0.114. The fourth-order valence-electron chi connectivity index (χ4n) is 2.06. The van der Waals surface area contributed by atoms with Crippen LogP contribution in [0.25, 0.3) is 0 Å². The fourth-order valence-corrected chi connectivity index (χ4v) is 2.06. The predicted octanol–water partition coefficient (Wildman–Crippen LogP) is 3.36. The number of hydrogen-bond donors (Lipinski definition) is 2. The first-order valence-electron chi connectivity index (χ1n) is 6.83. The van der Waals surface area contributed by atoms with E-state index in [1.807, 2.05) is 56.3 Å². The van der Waals surface area contributed by atoms with Crippen LogP contribution >= 0.6 is 0 Å². The molecule has 0 aliphatic carbocycles. The number of benzene rings is 2. The topological polar surface area (TPSA) is 50.4 Å². The summed E-state index contributed by atoms with van der Waals surface area (Å²) in [5.74, 6) is 0.680. The van der Waals surface area contributed by atoms with Crippen molar-refractivity contribution in [2.75, 3.05) is 24.3 Å². The molecule has 2 N–H and O–H groups in total. The molecule has 0 fully saturated rings. The van der Waals surface area contributed by atoms with Crippen molar-refractivity contribution in [2.45, 2.75) is 13.8 Å². The summed E-state index contributed by atoms with van der Waals surface area (Å²) in [6.07, 6.45) is 0. The zero-order valence-corrected chi connectivity index (χ0v) is 12.6. The van der Waals surface area contributed by atoms with Crippen molar-refractivity contribution >= 4 is 17.3 Å². The van der Waals surface area contributed by atoms with Gasteiger partial charge in [-0.05, 0) is 37.6 Å². The van der Waals surface area contributed by atoms with Gasteiger partial charge in [-0.25, -0.2) is 0 Å². The van der Waals surface area contributed by atoms with E-state index in [-0.39, 0.29) is 12.5 Å². The van der Waals surface area contributed by atoms with Crippen molar-refractivity contribution in [3.8, 4) is 5.75 Å². The number of methoxy groups -OCH3 is 1. The Morgan fingerprint density at radius 2 is 1.95 bits per heavy atom. The standard InChI is InChI=1S/C17H20N2O2/c1-12-7-8-16(13(2)9-12)19-17(20)11-18-14-5-4-6-15(10-14)21-3/h4-10,18H,11H2,1-3H3,(H,19,20). The molecule has 0 heterocycles. The third-order valence-corrected chi connectivity index (χ3v) is 3.18. The normalized spacial score (nSPS) is 10.0. The number of amides is 1. The molecule has 2 aromatic carbocycles. The van der Waals surface area contributed by atoms with Crippen LogP contribution in [0, 0.1) is 13.8 Å². The zero-order chi connectivity index (χ0) is 15.2. The van der Waals surface area contributed by atoms with Crippen LogP contribution in [0.5, 0.6) is 5.75 Å². The van der Waals surface area contributed by atoms with Crippen molar-refractivity contribution in [1.29, 1.82) is 0 Å². The molecule has 2 rings (SSSR count). The first-order valence-corrected chi connectivity index (χ1v) is 6.83. The van der Waals surface area contributed by atoms with Crippen LogP contribution in [0.15, 0.2) is 42.5 Å². The third-order valence-electron chi connectivity index (χ3n) is 3.18. The quantitative estimate of drug-likeness (QED) is 0.885. The first-order chi connectivity index (χ1) is 10.1. The Hall–Kier alpha value is -2.49. The van der Waals surface area contributed by atoms with E-state index >= 15 is 0 Å². The Bertz CT molecular complexity index is 638. The molecule has 4 heteroatoms. The Morgan fingerprint density at radius 3 is 2.67 bits per heavy atom. The molecule has 0 unspecified atom stereocenters. The van der Waals surface area contributed by atoms with E-state index in [0.717, 1.165) is 22.7 Å². The number of anilines is 2. The first kappa shape index (κ1) is 14.9. The molecular weight excluding hydrogens is 264 g/mol. The smallest absolute Gasteiger partial charge is 0.243 e. The molecule has 0 radical (unpaired) electrons. The largest absolute Gasteiger partial charge is 0.497 e. The minimum absolute atomic E-state index is 0.0789. The maximum Gasteiger partial charge on any atom is 0.243 e. The highest BCUT2D eigenvalue weighted by Gasteiger charge is 2.05. The second kappa shape index (κ2) is 6.79. The maximum absolute atomic E-state index is 12.0. The molecule has 1 amide bonds. The number of aryl methyl sites for hydroxylation is 2. The van der Waals surface area contributed by atoms with Crippen LogP contribution in [-0.2, 0) is 4.79 Å². The Morgan fingerprint density at radius 1 is 1.14 bits per heavy atom. The second-order valence-corrected chi connectivity index (χ2v) is 4.95. The highest BCUT2D eigenvalue weighted by Crippen LogP contribution is 2.17. The van der Waals surface area contributed by atoms with Gasteiger partial charge in [0.05, 0.1) is 13.7 Å². The summed E-state index contributed by atoms with van der Waals surface area (Å²) in [5.41, 5.74) is 3.94. The van der Waals surface area contributed by atoms with E-state index in [4.69, 9.17) is 4.74 Å². The van der Waals surface area contributed by atoms with Crippen molar-refractivity contribution < 1.29 is 9.53 Å². The van der Waals surface area contributed by atoms with Gasteiger partial charge in [0.25, 0.3) is 0 Å². The van der Waals surface area contributed by atoms with E-state index in [9.17, 15) is 4.79 Å². The number of nitrogens with one attached hydrogen (secondary N) is 2. The van der Waals surface area contributed by atoms with Crippen LogP contribution in [0.1, 0.15) is 11.1 Å². The number of carbonyl (C=O) groups excluding carboxylic acids is 1. The second-order valence-electron chi connectivity index (χ2n) is 4.95. The average Bonchev–Trinajstić information content (AvgIpc) is 2.48. The van der Waals surface area contributed by atoms with Crippen LogP contribution < -0.4 is 15.4 Å². The van der Waals surface area contributed by atoms with E-state index in [0.29, 0.717) is 0 Å². The van der Waals surface area contributed by atoms with Gasteiger partial charge in [-0.1, -0.05) is 23.8 Å². The molecule has 0 saturated carbocycles. The van der Waals surface area contributed by atoms with Crippen LogP contribution in [-0.4, -0.2) is 19.6 Å². The summed E-state index contributed by atoms with van der Waals surface area (Å²) in [5, 5.41) is 5.98. The Balaban J connectivity index is 1.92. The van der Waals surface area contributed by atoms with Gasteiger partial charge in [0, 0.05) is 17.4 Å². The van der Waals surface area contributed by atoms with Crippen LogP contribution in [0.3, 0.4) is 0 Å². The van der Waals surface area contributed by atoms with Crippen molar-refractivity contribution in [3.05, 3.63) is 53.6 Å². The Labute approximate surface area is 125 Å². The summed E-state index contributed by atoms with van der Waals surface area (Å²) >= 11 is 0. The highest BCUT2D eigenvalue weighted by atomic mass is 16.5. The predicted molar refractivity (Wildman–Crippen MR) is 86.0 cm³/mol. The minimum Gasteiger partial charge on any atom is -0.497 e. The van der Waals surface area contributed by atoms with Crippen LogP contribution in [0.4, 0.5) is 11.4 Å². The molecule has 0 spiro atoms. The van der Waals surface area contributed by atoms with Crippen molar-refractivity contribution in [2.24, 2.45) is 0 Å². The third kappa shape index (κ3) is 4.24. The van der Waals surface area contributed by atoms with Crippen molar-refractivity contribution in [1.82, 2.24) is 0 Å². The molecule has 4 nitrogen and oxygen atoms in total. The lowest BCUT2D eigenvalue weighted by Gasteiger charge is -2.11. The van der Waals surface area contributed by atoms with Gasteiger partial charge in [0.15, 0.2) is 0 Å². The average molecular weight is 284 g/mol. The lowest BCUT2D eigenvalue weighted by atomic mass is 10.1. The number of hydrogen-bond acceptors (Lipinski definition) is 3. The molecule has 0 aromatic heterocycles. The SMILES string of the molecule is COc1cccc(NCC(=O)Nc2ccc(C)cc2C)c1. The van der Waals surface area contributed by atoms with Gasteiger partial charge in [-0.15, -0.1) is 0 Å². The lowest BCUT2D eigenvalue weighted by Crippen LogP contribution is -2.22. The van der Waals surface area contributed by atoms with Gasteiger partial charge in [0.1, 0.15) is 5.75 Å². The number of carbonyl (C=O) groups is 1. The highest BCUT2D eigenvalue weighted by molar-refractivity contribution is 5.94. The molecular formula is C17H20N2O2. The van der Waals surface area contributed by atoms with Gasteiger partial charge in [-0.2, -0.15) is 0 Å². The molecule has 0 bridgehead atoms. The van der Waals surface area contributed by atoms with Gasteiger partial charge in [0.2, 0.25) is 5.91 Å². The summed E-state index contributed by atoms with van der Waals surface area (Å²) in [7, 11) is 1.62. The minimum atomic E-state index is -0.0789. The van der Waals surface area contributed by atoms with E-state index in [1.54, 1.807) is 7.11 Å². The summed E-state index contributed by atoms with van der Waals surface area (Å²) < 4.78 is 5.14. The van der Waals surface area contributed by atoms with Crippen molar-refractivity contribution in [3.63, 3.8) is 0 Å². The number of rotatable bonds is 5. The zero-order valence-electron chi connectivity index (χ0n) is 12.6. The van der Waals surface area contributed by atoms with Gasteiger partial charge in [-0.3, -0.25) is 4.79 Å². The molecule has 21 heavy (non-hydrogen) atoms. The van der Waals surface area contributed by atoms with Crippen LogP contribution in [0.2, 0.25) is 0 Å². The summed E-state index contributed by atoms with van der Waals surface area (Å²) in [4.78, 5) is 12.0. The molecule has 0 atom stereocenters. The maximum atomic E-state index is 12.0. The van der Waals surface area contributed by atoms with Gasteiger partial charge >= 0.3 is 0 Å². The fraction of sp³-hybridized carbons (Fsp3) is 0.235. The molecule has 0 aliphatic rings. The van der Waals surface area contributed by atoms with E-state index < -0.39 is 0 Å². The molecule has 0 saturated heterocycles. The monoisotopic (exact) mass is 284 g/mol. The molecule has 0 aliphatic heterocycles. The molecule has 2 aromatic rings. The summed E-state index contributed by atoms with van der Waals surface area (Å²) in [6.45, 7) is 4.22. The molecule has 110 valence electrons. The van der Waals surface area contributed by atoms with E-state index in [2.05, 4.69) is 10.6 Å².